The monoisotopic (exact) mass is 322 g/mol. The van der Waals surface area contributed by atoms with E-state index in [0.717, 1.165) is 18.4 Å². The summed E-state index contributed by atoms with van der Waals surface area (Å²) in [6.07, 6.45) is 2.53. The van der Waals surface area contributed by atoms with Gasteiger partial charge in [0.05, 0.1) is 11.7 Å². The Labute approximate surface area is 135 Å². The van der Waals surface area contributed by atoms with Gasteiger partial charge in [-0.3, -0.25) is 0 Å². The molecule has 126 valence electrons. The summed E-state index contributed by atoms with van der Waals surface area (Å²) in [5.41, 5.74) is 0.260. The first-order valence-corrected chi connectivity index (χ1v) is 8.18. The van der Waals surface area contributed by atoms with E-state index in [1.165, 1.54) is 12.1 Å². The number of nitrogens with zero attached hydrogens (tertiary/aromatic N) is 1. The highest BCUT2D eigenvalue weighted by Crippen LogP contribution is 2.35. The fourth-order valence-electron chi connectivity index (χ4n) is 3.41. The minimum atomic E-state index is -0.475. The van der Waals surface area contributed by atoms with E-state index in [0.29, 0.717) is 39.1 Å². The number of hydrogen-bond donors (Lipinski definition) is 2. The van der Waals surface area contributed by atoms with Gasteiger partial charge in [0.25, 0.3) is 0 Å². The molecule has 5 nitrogen and oxygen atoms in total. The van der Waals surface area contributed by atoms with Gasteiger partial charge in [-0.25, -0.2) is 9.18 Å². The number of amides is 2. The Hall–Kier alpha value is -1.66. The number of aliphatic hydroxyl groups is 1. The molecular formula is C17H23FN2O3. The molecule has 2 aliphatic heterocycles. The number of rotatable bonds is 2. The first kappa shape index (κ1) is 16.2. The summed E-state index contributed by atoms with van der Waals surface area (Å²) in [5, 5.41) is 13.0. The Morgan fingerprint density at radius 2 is 2.22 bits per heavy atom. The number of urea groups is 1. The van der Waals surface area contributed by atoms with Crippen molar-refractivity contribution in [2.75, 3.05) is 19.7 Å². The maximum Gasteiger partial charge on any atom is 0.317 e. The van der Waals surface area contributed by atoms with Gasteiger partial charge in [-0.2, -0.15) is 0 Å². The van der Waals surface area contributed by atoms with Crippen molar-refractivity contribution in [3.8, 4) is 0 Å². The first-order chi connectivity index (χ1) is 11.1. The Kier molecular flexibility index (Phi) is 4.82. The second-order valence-corrected chi connectivity index (χ2v) is 6.35. The standard InChI is InChI=1S/C17H23FN2O3/c18-14-4-1-3-13(11-14)12-19-16(22)20-8-6-17(7-9-20)15(21)5-2-10-23-17/h1,3-4,11,15,21H,2,5-10,12H2,(H,19,22). The van der Waals surface area contributed by atoms with Crippen LogP contribution in [0.15, 0.2) is 24.3 Å². The topological polar surface area (TPSA) is 61.8 Å². The fraction of sp³-hybridized carbons (Fsp3) is 0.588. The lowest BCUT2D eigenvalue weighted by molar-refractivity contribution is -0.173. The lowest BCUT2D eigenvalue weighted by Crippen LogP contribution is -2.57. The molecule has 3 rings (SSSR count). The van der Waals surface area contributed by atoms with Crippen molar-refractivity contribution in [3.63, 3.8) is 0 Å². The normalized spacial score (nSPS) is 23.7. The molecule has 0 bridgehead atoms. The Bertz CT molecular complexity index is 559. The second kappa shape index (κ2) is 6.84. The molecule has 1 unspecified atom stereocenters. The number of ether oxygens (including phenoxy) is 1. The van der Waals surface area contributed by atoms with E-state index < -0.39 is 11.7 Å². The predicted molar refractivity (Wildman–Crippen MR) is 83.4 cm³/mol. The molecule has 2 N–H and O–H groups in total. The SMILES string of the molecule is O=C(NCc1cccc(F)c1)N1CCC2(CC1)OCCCC2O. The molecule has 2 amide bonds. The van der Waals surface area contributed by atoms with E-state index in [1.54, 1.807) is 17.0 Å². The van der Waals surface area contributed by atoms with Gasteiger partial charge in [-0.1, -0.05) is 12.1 Å². The van der Waals surface area contributed by atoms with Crippen molar-refractivity contribution < 1.29 is 19.0 Å². The zero-order valence-corrected chi connectivity index (χ0v) is 13.1. The Balaban J connectivity index is 1.50. The van der Waals surface area contributed by atoms with Crippen molar-refractivity contribution >= 4 is 6.03 Å². The van der Waals surface area contributed by atoms with E-state index in [2.05, 4.69) is 5.32 Å². The van der Waals surface area contributed by atoms with E-state index in [-0.39, 0.29) is 11.8 Å². The molecule has 1 atom stereocenters. The molecular weight excluding hydrogens is 299 g/mol. The molecule has 0 radical (unpaired) electrons. The van der Waals surface area contributed by atoms with Crippen LogP contribution >= 0.6 is 0 Å². The highest BCUT2D eigenvalue weighted by atomic mass is 19.1. The average molecular weight is 322 g/mol. The van der Waals surface area contributed by atoms with Crippen LogP contribution in [0, 0.1) is 5.82 Å². The van der Waals surface area contributed by atoms with Gasteiger partial charge >= 0.3 is 6.03 Å². The molecule has 0 aliphatic carbocycles. The Morgan fingerprint density at radius 1 is 1.43 bits per heavy atom. The summed E-state index contributed by atoms with van der Waals surface area (Å²) in [4.78, 5) is 14.0. The molecule has 2 saturated heterocycles. The minimum Gasteiger partial charge on any atom is -0.390 e. The van der Waals surface area contributed by atoms with Crippen LogP contribution in [0.4, 0.5) is 9.18 Å². The van der Waals surface area contributed by atoms with Crippen molar-refractivity contribution in [2.45, 2.75) is 43.9 Å². The zero-order valence-electron chi connectivity index (χ0n) is 13.1. The third-order valence-electron chi connectivity index (χ3n) is 4.85. The molecule has 2 heterocycles. The number of likely N-dealkylation sites (tertiary alicyclic amines) is 1. The van der Waals surface area contributed by atoms with Crippen molar-refractivity contribution in [2.24, 2.45) is 0 Å². The smallest absolute Gasteiger partial charge is 0.317 e. The van der Waals surface area contributed by atoms with Crippen LogP contribution in [-0.2, 0) is 11.3 Å². The van der Waals surface area contributed by atoms with Crippen molar-refractivity contribution in [1.29, 1.82) is 0 Å². The maximum atomic E-state index is 13.1. The molecule has 2 aliphatic rings. The van der Waals surface area contributed by atoms with Gasteiger partial charge < -0.3 is 20.1 Å². The van der Waals surface area contributed by atoms with Crippen LogP contribution in [-0.4, -0.2) is 47.4 Å². The lowest BCUT2D eigenvalue weighted by Gasteiger charge is -2.46. The molecule has 6 heteroatoms. The molecule has 1 spiro atoms. The fourth-order valence-corrected chi connectivity index (χ4v) is 3.41. The van der Waals surface area contributed by atoms with Crippen LogP contribution in [0.2, 0.25) is 0 Å². The summed E-state index contributed by atoms with van der Waals surface area (Å²) < 4.78 is 19.0. The molecule has 1 aromatic rings. The zero-order chi connectivity index (χ0) is 16.3. The van der Waals surface area contributed by atoms with Crippen LogP contribution in [0.5, 0.6) is 0 Å². The number of aliphatic hydroxyl groups excluding tert-OH is 1. The second-order valence-electron chi connectivity index (χ2n) is 6.35. The van der Waals surface area contributed by atoms with Crippen molar-refractivity contribution in [1.82, 2.24) is 10.2 Å². The molecule has 0 aromatic heterocycles. The van der Waals surface area contributed by atoms with Crippen LogP contribution in [0.3, 0.4) is 0 Å². The van der Waals surface area contributed by atoms with Crippen LogP contribution in [0.1, 0.15) is 31.2 Å². The van der Waals surface area contributed by atoms with Gasteiger partial charge in [0.2, 0.25) is 0 Å². The third kappa shape index (κ3) is 3.64. The highest BCUT2D eigenvalue weighted by molar-refractivity contribution is 5.74. The van der Waals surface area contributed by atoms with Gasteiger partial charge in [0.15, 0.2) is 0 Å². The molecule has 1 aromatic carbocycles. The number of carbonyl (C=O) groups is 1. The van der Waals surface area contributed by atoms with Crippen molar-refractivity contribution in [3.05, 3.63) is 35.6 Å². The first-order valence-electron chi connectivity index (χ1n) is 8.18. The van der Waals surface area contributed by atoms with E-state index >= 15 is 0 Å². The molecule has 2 fully saturated rings. The van der Waals surface area contributed by atoms with E-state index in [1.807, 2.05) is 0 Å². The van der Waals surface area contributed by atoms with Gasteiger partial charge in [-0.15, -0.1) is 0 Å². The number of benzene rings is 1. The number of piperidine rings is 1. The van der Waals surface area contributed by atoms with E-state index in [4.69, 9.17) is 4.74 Å². The average Bonchev–Trinajstić information content (AvgIpc) is 2.56. The lowest BCUT2D eigenvalue weighted by atomic mass is 9.82. The predicted octanol–water partition coefficient (Wildman–Crippen LogP) is 2.04. The summed E-state index contributed by atoms with van der Waals surface area (Å²) in [7, 11) is 0. The number of carbonyl (C=O) groups excluding carboxylic acids is 1. The minimum absolute atomic E-state index is 0.158. The van der Waals surface area contributed by atoms with Gasteiger partial charge in [0, 0.05) is 26.2 Å². The Morgan fingerprint density at radius 3 is 2.91 bits per heavy atom. The molecule has 0 saturated carbocycles. The highest BCUT2D eigenvalue weighted by Gasteiger charge is 2.44. The quantitative estimate of drug-likeness (QED) is 0.876. The van der Waals surface area contributed by atoms with Crippen LogP contribution in [0.25, 0.3) is 0 Å². The number of halogens is 1. The number of hydrogen-bond acceptors (Lipinski definition) is 3. The third-order valence-corrected chi connectivity index (χ3v) is 4.85. The largest absolute Gasteiger partial charge is 0.390 e. The summed E-state index contributed by atoms with van der Waals surface area (Å²) in [6, 6.07) is 6.04. The van der Waals surface area contributed by atoms with Gasteiger partial charge in [0.1, 0.15) is 5.82 Å². The summed E-state index contributed by atoms with van der Waals surface area (Å²) in [6.45, 7) is 2.11. The van der Waals surface area contributed by atoms with Crippen LogP contribution < -0.4 is 5.32 Å². The van der Waals surface area contributed by atoms with E-state index in [9.17, 15) is 14.3 Å². The number of nitrogens with one attached hydrogen (secondary N) is 1. The summed E-state index contributed by atoms with van der Waals surface area (Å²) >= 11 is 0. The molecule has 23 heavy (non-hydrogen) atoms. The van der Waals surface area contributed by atoms with Gasteiger partial charge in [-0.05, 0) is 43.4 Å². The maximum absolute atomic E-state index is 13.1. The summed E-state index contributed by atoms with van der Waals surface area (Å²) in [5.74, 6) is -0.305.